The van der Waals surface area contributed by atoms with Gasteiger partial charge < -0.3 is 10.0 Å². The molecule has 2 heterocycles. The first-order valence-electron chi connectivity index (χ1n) is 5.96. The van der Waals surface area contributed by atoms with E-state index in [0.717, 1.165) is 5.56 Å². The topological polar surface area (TPSA) is 70.5 Å². The molecule has 0 aliphatic carbocycles. The highest BCUT2D eigenvalue weighted by molar-refractivity contribution is 7.91. The van der Waals surface area contributed by atoms with Gasteiger partial charge >= 0.3 is 0 Å². The summed E-state index contributed by atoms with van der Waals surface area (Å²) in [5.41, 5.74) is 0.785. The average Bonchev–Trinajstić information content (AvgIpc) is 2.69. The summed E-state index contributed by atoms with van der Waals surface area (Å²) in [6.07, 6.45) is 1.73. The van der Waals surface area contributed by atoms with E-state index in [0.29, 0.717) is 12.2 Å². The molecule has 1 aliphatic heterocycles. The Morgan fingerprint density at radius 3 is 2.83 bits per heavy atom. The molecule has 0 saturated carbocycles. The number of sulfone groups is 1. The molecule has 0 radical (unpaired) electrons. The molecule has 0 spiro atoms. The average molecular weight is 270 g/mol. The van der Waals surface area contributed by atoms with Gasteiger partial charge in [0, 0.05) is 19.3 Å². The van der Waals surface area contributed by atoms with Crippen molar-refractivity contribution in [3.63, 3.8) is 0 Å². The normalized spacial score (nSPS) is 23.8. The number of nitrogens with zero attached hydrogens (tertiary/aromatic N) is 2. The van der Waals surface area contributed by atoms with Crippen LogP contribution in [0, 0.1) is 0 Å². The second-order valence-electron chi connectivity index (χ2n) is 4.79. The fourth-order valence-electron chi connectivity index (χ4n) is 2.15. The number of aromatic nitrogens is 1. The van der Waals surface area contributed by atoms with Gasteiger partial charge in [-0.2, -0.15) is 0 Å². The molecular weight excluding hydrogens is 252 g/mol. The predicted octanol–water partition coefficient (Wildman–Crippen LogP) is 0.758. The third-order valence-electron chi connectivity index (χ3n) is 3.37. The fourth-order valence-corrected chi connectivity index (χ4v) is 3.93. The van der Waals surface area contributed by atoms with E-state index in [1.165, 1.54) is 0 Å². The minimum atomic E-state index is -2.89. The van der Waals surface area contributed by atoms with Gasteiger partial charge in [0.05, 0.1) is 17.6 Å². The zero-order valence-corrected chi connectivity index (χ0v) is 11.4. The van der Waals surface area contributed by atoms with Crippen molar-refractivity contribution in [1.82, 2.24) is 4.98 Å². The maximum absolute atomic E-state index is 11.5. The first-order chi connectivity index (χ1) is 8.39. The minimum Gasteiger partial charge on any atom is -0.389 e. The maximum Gasteiger partial charge on any atom is 0.152 e. The third kappa shape index (κ3) is 2.81. The Hall–Kier alpha value is -1.14. The van der Waals surface area contributed by atoms with Crippen LogP contribution in [0.5, 0.6) is 0 Å². The van der Waals surface area contributed by atoms with Crippen LogP contribution in [-0.4, -0.2) is 43.1 Å². The molecule has 1 aliphatic rings. The zero-order valence-electron chi connectivity index (χ0n) is 10.6. The van der Waals surface area contributed by atoms with E-state index < -0.39 is 15.9 Å². The van der Waals surface area contributed by atoms with Crippen LogP contribution < -0.4 is 4.90 Å². The van der Waals surface area contributed by atoms with Crippen molar-refractivity contribution in [2.75, 3.05) is 23.5 Å². The largest absolute Gasteiger partial charge is 0.389 e. The van der Waals surface area contributed by atoms with E-state index in [1.54, 1.807) is 25.3 Å². The number of hydrogen-bond acceptors (Lipinski definition) is 5. The van der Waals surface area contributed by atoms with Crippen LogP contribution in [0.25, 0.3) is 0 Å². The Bertz CT molecular complexity index is 528. The second kappa shape index (κ2) is 4.85. The predicted molar refractivity (Wildman–Crippen MR) is 70.3 cm³/mol. The SMILES string of the molecule is C[C@H](O)c1ccnc(N(C)C2CCS(=O)(=O)C2)c1. The van der Waals surface area contributed by atoms with Gasteiger partial charge in [-0.3, -0.25) is 0 Å². The van der Waals surface area contributed by atoms with Crippen molar-refractivity contribution in [3.05, 3.63) is 23.9 Å². The molecule has 5 nitrogen and oxygen atoms in total. The number of aliphatic hydroxyl groups excluding tert-OH is 1. The van der Waals surface area contributed by atoms with E-state index in [4.69, 9.17) is 0 Å². The van der Waals surface area contributed by atoms with E-state index in [1.807, 2.05) is 11.9 Å². The standard InChI is InChI=1S/C12H18N2O3S/c1-9(15)10-3-5-13-12(7-10)14(2)11-4-6-18(16,17)8-11/h3,5,7,9,11,15H,4,6,8H2,1-2H3/t9-,11?/m0/s1. The quantitative estimate of drug-likeness (QED) is 0.878. The van der Waals surface area contributed by atoms with Gasteiger partial charge in [-0.25, -0.2) is 13.4 Å². The third-order valence-corrected chi connectivity index (χ3v) is 5.12. The zero-order chi connectivity index (χ0) is 13.3. The second-order valence-corrected chi connectivity index (χ2v) is 7.02. The van der Waals surface area contributed by atoms with Gasteiger partial charge in [-0.05, 0) is 31.0 Å². The number of hydrogen-bond donors (Lipinski definition) is 1. The van der Waals surface area contributed by atoms with Crippen molar-refractivity contribution < 1.29 is 13.5 Å². The first kappa shape index (κ1) is 13.3. The van der Waals surface area contributed by atoms with E-state index >= 15 is 0 Å². The van der Waals surface area contributed by atoms with Crippen molar-refractivity contribution >= 4 is 15.7 Å². The molecule has 2 atom stereocenters. The molecule has 1 fully saturated rings. The number of rotatable bonds is 3. The molecule has 1 aromatic heterocycles. The molecule has 100 valence electrons. The van der Waals surface area contributed by atoms with Gasteiger partial charge in [0.2, 0.25) is 0 Å². The van der Waals surface area contributed by atoms with Crippen LogP contribution in [0.3, 0.4) is 0 Å². The lowest BCUT2D eigenvalue weighted by Crippen LogP contribution is -2.33. The van der Waals surface area contributed by atoms with Crippen LogP contribution in [0.15, 0.2) is 18.3 Å². The van der Waals surface area contributed by atoms with Crippen LogP contribution in [0.4, 0.5) is 5.82 Å². The number of anilines is 1. The monoisotopic (exact) mass is 270 g/mol. The smallest absolute Gasteiger partial charge is 0.152 e. The molecule has 1 saturated heterocycles. The van der Waals surface area contributed by atoms with Gasteiger partial charge in [0.25, 0.3) is 0 Å². The molecule has 18 heavy (non-hydrogen) atoms. The first-order valence-corrected chi connectivity index (χ1v) is 7.78. The van der Waals surface area contributed by atoms with E-state index in [-0.39, 0.29) is 17.5 Å². The fraction of sp³-hybridized carbons (Fsp3) is 0.583. The summed E-state index contributed by atoms with van der Waals surface area (Å²) in [7, 11) is -1.05. The Morgan fingerprint density at radius 2 is 2.28 bits per heavy atom. The van der Waals surface area contributed by atoms with Crippen molar-refractivity contribution in [3.8, 4) is 0 Å². The Balaban J connectivity index is 2.19. The highest BCUT2D eigenvalue weighted by atomic mass is 32.2. The summed E-state index contributed by atoms with van der Waals surface area (Å²) in [5, 5.41) is 9.54. The molecule has 1 N–H and O–H groups in total. The summed E-state index contributed by atoms with van der Waals surface area (Å²) >= 11 is 0. The molecule has 1 unspecified atom stereocenters. The maximum atomic E-state index is 11.5. The summed E-state index contributed by atoms with van der Waals surface area (Å²) in [6, 6.07) is 3.54. The lowest BCUT2D eigenvalue weighted by atomic mass is 10.1. The summed E-state index contributed by atoms with van der Waals surface area (Å²) in [6.45, 7) is 1.69. The molecule has 0 aromatic carbocycles. The lowest BCUT2D eigenvalue weighted by Gasteiger charge is -2.25. The van der Waals surface area contributed by atoms with Crippen LogP contribution >= 0.6 is 0 Å². The summed E-state index contributed by atoms with van der Waals surface area (Å²) in [4.78, 5) is 6.12. The molecule has 0 amide bonds. The lowest BCUT2D eigenvalue weighted by molar-refractivity contribution is 0.199. The van der Waals surface area contributed by atoms with Crippen LogP contribution in [-0.2, 0) is 9.84 Å². The van der Waals surface area contributed by atoms with Crippen molar-refractivity contribution in [2.45, 2.75) is 25.5 Å². The number of aliphatic hydroxyl groups is 1. The van der Waals surface area contributed by atoms with E-state index in [2.05, 4.69) is 4.98 Å². The van der Waals surface area contributed by atoms with Crippen LogP contribution in [0.1, 0.15) is 25.0 Å². The minimum absolute atomic E-state index is 0.0215. The Kier molecular flexibility index (Phi) is 3.59. The van der Waals surface area contributed by atoms with Gasteiger partial charge in [-0.15, -0.1) is 0 Å². The van der Waals surface area contributed by atoms with E-state index in [9.17, 15) is 13.5 Å². The number of pyridine rings is 1. The molecule has 6 heteroatoms. The van der Waals surface area contributed by atoms with Gasteiger partial charge in [-0.1, -0.05) is 0 Å². The molecule has 0 bridgehead atoms. The molecule has 1 aromatic rings. The molecule has 2 rings (SSSR count). The Morgan fingerprint density at radius 1 is 1.56 bits per heavy atom. The van der Waals surface area contributed by atoms with Crippen LogP contribution in [0.2, 0.25) is 0 Å². The molecular formula is C12H18N2O3S. The summed E-state index contributed by atoms with van der Waals surface area (Å²) in [5.74, 6) is 1.14. The van der Waals surface area contributed by atoms with Gasteiger partial charge in [0.1, 0.15) is 5.82 Å². The highest BCUT2D eigenvalue weighted by Crippen LogP contribution is 2.23. The van der Waals surface area contributed by atoms with Crippen molar-refractivity contribution in [1.29, 1.82) is 0 Å². The van der Waals surface area contributed by atoms with Crippen molar-refractivity contribution in [2.24, 2.45) is 0 Å². The van der Waals surface area contributed by atoms with Gasteiger partial charge in [0.15, 0.2) is 9.84 Å². The Labute approximate surface area is 107 Å². The highest BCUT2D eigenvalue weighted by Gasteiger charge is 2.31. The summed E-state index contributed by atoms with van der Waals surface area (Å²) < 4.78 is 22.9.